The Morgan fingerprint density at radius 2 is 1.76 bits per heavy atom. The number of rotatable bonds is 9. The number of hydrogen-bond acceptors (Lipinski definition) is 4. The van der Waals surface area contributed by atoms with Crippen molar-refractivity contribution in [3.05, 3.63) is 35.9 Å². The summed E-state index contributed by atoms with van der Waals surface area (Å²) in [5.41, 5.74) is 0.884. The van der Waals surface area contributed by atoms with Gasteiger partial charge in [0.15, 0.2) is 0 Å². The maximum absolute atomic E-state index is 12.3. The lowest BCUT2D eigenvalue weighted by Crippen LogP contribution is -2.38. The lowest BCUT2D eigenvalue weighted by Gasteiger charge is -2.23. The van der Waals surface area contributed by atoms with E-state index in [1.165, 1.54) is 4.31 Å². The number of benzene rings is 1. The molecule has 7 heteroatoms. The zero-order valence-electron chi connectivity index (χ0n) is 12.4. The van der Waals surface area contributed by atoms with Crippen molar-refractivity contribution in [2.24, 2.45) is 0 Å². The van der Waals surface area contributed by atoms with E-state index < -0.39 is 16.0 Å². The second kappa shape index (κ2) is 8.11. The maximum atomic E-state index is 12.3. The van der Waals surface area contributed by atoms with Crippen LogP contribution in [0.3, 0.4) is 0 Å². The summed E-state index contributed by atoms with van der Waals surface area (Å²) in [6, 6.07) is 9.28. The van der Waals surface area contributed by atoms with Crippen molar-refractivity contribution in [3.8, 4) is 0 Å². The molecule has 1 aromatic carbocycles. The molecule has 0 atom stereocenters. The molecule has 0 aromatic heterocycles. The highest BCUT2D eigenvalue weighted by Crippen LogP contribution is 2.11. The molecular weight excluding hydrogens is 292 g/mol. The van der Waals surface area contributed by atoms with E-state index in [1.54, 1.807) is 0 Å². The van der Waals surface area contributed by atoms with Crippen molar-refractivity contribution in [2.45, 2.75) is 13.0 Å². The molecule has 0 fully saturated rings. The first-order valence-corrected chi connectivity index (χ1v) is 8.30. The van der Waals surface area contributed by atoms with E-state index in [0.29, 0.717) is 13.1 Å². The van der Waals surface area contributed by atoms with E-state index in [2.05, 4.69) is 0 Å². The standard InChI is InChI=1S/C14H22N2O4S/c1-15(2)9-10-16(12-13-6-4-3-5-7-13)21(19,20)11-8-14(17)18/h3-7H,8-12H2,1-2H3,(H,17,18). The fraction of sp³-hybridized carbons (Fsp3) is 0.500. The predicted octanol–water partition coefficient (Wildman–Crippen LogP) is 0.855. The summed E-state index contributed by atoms with van der Waals surface area (Å²) >= 11 is 0. The van der Waals surface area contributed by atoms with Crippen molar-refractivity contribution in [1.29, 1.82) is 0 Å². The minimum atomic E-state index is -3.59. The summed E-state index contributed by atoms with van der Waals surface area (Å²) in [7, 11) is 0.146. The SMILES string of the molecule is CN(C)CCN(Cc1ccccc1)S(=O)(=O)CCC(=O)O. The van der Waals surface area contributed by atoms with Gasteiger partial charge in [0, 0.05) is 19.6 Å². The third-order valence-corrected chi connectivity index (χ3v) is 4.78. The molecule has 1 aromatic rings. The molecule has 1 N–H and O–H groups in total. The van der Waals surface area contributed by atoms with Crippen LogP contribution in [0.15, 0.2) is 30.3 Å². The Kier molecular flexibility index (Phi) is 6.80. The summed E-state index contributed by atoms with van der Waals surface area (Å²) in [6.07, 6.45) is -0.379. The monoisotopic (exact) mass is 314 g/mol. The zero-order chi connectivity index (χ0) is 15.9. The second-order valence-corrected chi connectivity index (χ2v) is 7.17. The van der Waals surface area contributed by atoms with Crippen LogP contribution in [0, 0.1) is 0 Å². The minimum absolute atomic E-state index is 0.261. The van der Waals surface area contributed by atoms with Crippen molar-refractivity contribution in [2.75, 3.05) is 32.9 Å². The van der Waals surface area contributed by atoms with Crippen LogP contribution in [-0.4, -0.2) is 61.6 Å². The van der Waals surface area contributed by atoms with E-state index in [4.69, 9.17) is 5.11 Å². The first kappa shape index (κ1) is 17.6. The lowest BCUT2D eigenvalue weighted by molar-refractivity contribution is -0.136. The molecule has 0 heterocycles. The predicted molar refractivity (Wildman–Crippen MR) is 81.4 cm³/mol. The molecule has 6 nitrogen and oxygen atoms in total. The van der Waals surface area contributed by atoms with Gasteiger partial charge in [-0.3, -0.25) is 4.79 Å². The van der Waals surface area contributed by atoms with Gasteiger partial charge in [0.2, 0.25) is 10.0 Å². The summed E-state index contributed by atoms with van der Waals surface area (Å²) in [5.74, 6) is -1.48. The number of likely N-dealkylation sites (N-methyl/N-ethyl adjacent to an activating group) is 1. The first-order valence-electron chi connectivity index (χ1n) is 6.69. The topological polar surface area (TPSA) is 77.9 Å². The summed E-state index contributed by atoms with van der Waals surface area (Å²) in [5, 5.41) is 8.68. The van der Waals surface area contributed by atoms with E-state index in [1.807, 2.05) is 49.3 Å². The highest BCUT2D eigenvalue weighted by Gasteiger charge is 2.23. The van der Waals surface area contributed by atoms with E-state index >= 15 is 0 Å². The smallest absolute Gasteiger partial charge is 0.304 e. The molecule has 118 valence electrons. The molecule has 1 rings (SSSR count). The zero-order valence-corrected chi connectivity index (χ0v) is 13.2. The third kappa shape index (κ3) is 6.70. The summed E-state index contributed by atoms with van der Waals surface area (Å²) in [6.45, 7) is 1.18. The van der Waals surface area contributed by atoms with Crippen molar-refractivity contribution < 1.29 is 18.3 Å². The van der Waals surface area contributed by atoms with E-state index in [-0.39, 0.29) is 18.7 Å². The summed E-state index contributed by atoms with van der Waals surface area (Å²) < 4.78 is 25.9. The van der Waals surface area contributed by atoms with Crippen LogP contribution in [0.2, 0.25) is 0 Å². The van der Waals surface area contributed by atoms with Crippen LogP contribution in [0.4, 0.5) is 0 Å². The Morgan fingerprint density at radius 1 is 1.14 bits per heavy atom. The molecule has 0 aliphatic heterocycles. The normalized spacial score (nSPS) is 12.0. The van der Waals surface area contributed by atoms with Gasteiger partial charge in [-0.1, -0.05) is 30.3 Å². The lowest BCUT2D eigenvalue weighted by atomic mass is 10.2. The van der Waals surface area contributed by atoms with Gasteiger partial charge >= 0.3 is 5.97 Å². The van der Waals surface area contributed by atoms with Gasteiger partial charge in [0.1, 0.15) is 0 Å². The number of sulfonamides is 1. The Hall–Kier alpha value is -1.44. The van der Waals surface area contributed by atoms with Gasteiger partial charge in [-0.05, 0) is 19.7 Å². The Labute approximate surface area is 126 Å². The molecule has 0 amide bonds. The Morgan fingerprint density at radius 3 is 2.29 bits per heavy atom. The number of hydrogen-bond donors (Lipinski definition) is 1. The number of carbonyl (C=O) groups is 1. The fourth-order valence-electron chi connectivity index (χ4n) is 1.76. The van der Waals surface area contributed by atoms with Crippen LogP contribution in [0.5, 0.6) is 0 Å². The van der Waals surface area contributed by atoms with Crippen LogP contribution in [0.25, 0.3) is 0 Å². The summed E-state index contributed by atoms with van der Waals surface area (Å²) in [4.78, 5) is 12.5. The average Bonchev–Trinajstić information content (AvgIpc) is 2.42. The highest BCUT2D eigenvalue weighted by molar-refractivity contribution is 7.89. The third-order valence-electron chi connectivity index (χ3n) is 2.97. The van der Waals surface area contributed by atoms with Crippen molar-refractivity contribution >= 4 is 16.0 Å². The molecule has 0 spiro atoms. The van der Waals surface area contributed by atoms with Gasteiger partial charge in [0.25, 0.3) is 0 Å². The molecule has 0 unspecified atom stereocenters. The average molecular weight is 314 g/mol. The van der Waals surface area contributed by atoms with Crippen LogP contribution >= 0.6 is 0 Å². The first-order chi connectivity index (χ1) is 9.81. The van der Waals surface area contributed by atoms with Crippen LogP contribution < -0.4 is 0 Å². The van der Waals surface area contributed by atoms with Gasteiger partial charge < -0.3 is 10.0 Å². The second-order valence-electron chi connectivity index (χ2n) is 5.08. The molecule has 0 saturated heterocycles. The Bertz CT molecular complexity index is 543. The number of carboxylic acids is 1. The van der Waals surface area contributed by atoms with Crippen molar-refractivity contribution in [1.82, 2.24) is 9.21 Å². The molecule has 0 saturated carbocycles. The molecule has 0 aliphatic carbocycles. The van der Waals surface area contributed by atoms with E-state index in [0.717, 1.165) is 5.56 Å². The van der Waals surface area contributed by atoms with Gasteiger partial charge in [0.05, 0.1) is 12.2 Å². The number of nitrogens with zero attached hydrogens (tertiary/aromatic N) is 2. The maximum Gasteiger partial charge on any atom is 0.304 e. The van der Waals surface area contributed by atoms with Gasteiger partial charge in [-0.2, -0.15) is 4.31 Å². The largest absolute Gasteiger partial charge is 0.481 e. The van der Waals surface area contributed by atoms with Gasteiger partial charge in [-0.25, -0.2) is 8.42 Å². The van der Waals surface area contributed by atoms with Crippen LogP contribution in [0.1, 0.15) is 12.0 Å². The van der Waals surface area contributed by atoms with E-state index in [9.17, 15) is 13.2 Å². The molecule has 0 aliphatic rings. The number of aliphatic carboxylic acids is 1. The van der Waals surface area contributed by atoms with Crippen molar-refractivity contribution in [3.63, 3.8) is 0 Å². The fourth-order valence-corrected chi connectivity index (χ4v) is 3.16. The molecule has 0 bridgehead atoms. The molecule has 0 radical (unpaired) electrons. The highest BCUT2D eigenvalue weighted by atomic mass is 32.2. The Balaban J connectivity index is 2.82. The quantitative estimate of drug-likeness (QED) is 0.731. The number of carboxylic acid groups (broad SMARTS) is 1. The minimum Gasteiger partial charge on any atom is -0.481 e. The molecule has 21 heavy (non-hydrogen) atoms. The van der Waals surface area contributed by atoms with Gasteiger partial charge in [-0.15, -0.1) is 0 Å². The van der Waals surface area contributed by atoms with Crippen LogP contribution in [-0.2, 0) is 21.4 Å². The molecular formula is C14H22N2O4S.